The van der Waals surface area contributed by atoms with E-state index in [1.165, 1.54) is 6.21 Å². The van der Waals surface area contributed by atoms with Crippen molar-refractivity contribution >= 4 is 35.3 Å². The van der Waals surface area contributed by atoms with Gasteiger partial charge in [0.05, 0.1) is 48.8 Å². The first-order chi connectivity index (χ1) is 14.0. The number of nitrogens with zero attached hydrogens (tertiary/aromatic N) is 2. The second-order valence-electron chi connectivity index (χ2n) is 5.99. The van der Waals surface area contributed by atoms with Crippen LogP contribution in [0.5, 0.6) is 11.5 Å². The highest BCUT2D eigenvalue weighted by Crippen LogP contribution is 2.32. The lowest BCUT2D eigenvalue weighted by Crippen LogP contribution is -2.19. The fourth-order valence-electron chi connectivity index (χ4n) is 2.66. The highest BCUT2D eigenvalue weighted by atomic mass is 35.5. The van der Waals surface area contributed by atoms with E-state index < -0.39 is 0 Å². The van der Waals surface area contributed by atoms with Gasteiger partial charge in [-0.25, -0.2) is 5.43 Å². The summed E-state index contributed by atoms with van der Waals surface area (Å²) in [6.45, 7) is 0. The fourth-order valence-corrected chi connectivity index (χ4v) is 2.99. The van der Waals surface area contributed by atoms with Gasteiger partial charge in [-0.2, -0.15) is 10.2 Å². The molecule has 3 rings (SSSR count). The summed E-state index contributed by atoms with van der Waals surface area (Å²) < 4.78 is 10.6. The van der Waals surface area contributed by atoms with Gasteiger partial charge in [-0.15, -0.1) is 0 Å². The smallest absolute Gasteiger partial charge is 0.244 e. The molecule has 9 heteroatoms. The van der Waals surface area contributed by atoms with Crippen LogP contribution in [0.2, 0.25) is 10.0 Å². The Morgan fingerprint density at radius 2 is 1.93 bits per heavy atom. The molecule has 0 unspecified atom stereocenters. The van der Waals surface area contributed by atoms with Crippen LogP contribution in [0.4, 0.5) is 0 Å². The predicted octanol–water partition coefficient (Wildman–Crippen LogP) is 4.09. The highest BCUT2D eigenvalue weighted by Gasteiger charge is 2.11. The average Bonchev–Trinajstić information content (AvgIpc) is 3.18. The summed E-state index contributed by atoms with van der Waals surface area (Å²) >= 11 is 11.8. The van der Waals surface area contributed by atoms with Gasteiger partial charge >= 0.3 is 0 Å². The standard InChI is InChI=1S/C20H18Cl2N4O3/c1-28-17-6-4-13(9-18(17)29-2)20-14(11-24-26-20)10-23-25-19(27)8-12-3-5-15(21)16(22)7-12/h3-7,9-11H,8H2,1-2H3,(H,24,26)(H,25,27). The number of H-pyrrole nitrogens is 1. The lowest BCUT2D eigenvalue weighted by Gasteiger charge is -2.09. The third-order valence-electron chi connectivity index (χ3n) is 4.08. The van der Waals surface area contributed by atoms with Crippen molar-refractivity contribution in [2.45, 2.75) is 6.42 Å². The zero-order chi connectivity index (χ0) is 20.8. The zero-order valence-electron chi connectivity index (χ0n) is 15.7. The normalized spacial score (nSPS) is 10.9. The number of methoxy groups -OCH3 is 2. The van der Waals surface area contributed by atoms with E-state index in [4.69, 9.17) is 32.7 Å². The molecule has 0 fully saturated rings. The first-order valence-electron chi connectivity index (χ1n) is 8.53. The van der Waals surface area contributed by atoms with E-state index >= 15 is 0 Å². The molecule has 0 saturated heterocycles. The van der Waals surface area contributed by atoms with Crippen LogP contribution in [0.15, 0.2) is 47.7 Å². The van der Waals surface area contributed by atoms with E-state index in [1.807, 2.05) is 12.1 Å². The topological polar surface area (TPSA) is 88.6 Å². The highest BCUT2D eigenvalue weighted by molar-refractivity contribution is 6.42. The summed E-state index contributed by atoms with van der Waals surface area (Å²) in [7, 11) is 3.15. The molecule has 0 spiro atoms. The molecule has 0 aliphatic carbocycles. The summed E-state index contributed by atoms with van der Waals surface area (Å²) in [6, 6.07) is 10.5. The molecule has 2 N–H and O–H groups in total. The molecule has 29 heavy (non-hydrogen) atoms. The number of carbonyl (C=O) groups is 1. The number of rotatable bonds is 7. The predicted molar refractivity (Wildman–Crippen MR) is 113 cm³/mol. The van der Waals surface area contributed by atoms with E-state index in [0.717, 1.165) is 16.8 Å². The van der Waals surface area contributed by atoms with Crippen LogP contribution in [-0.2, 0) is 11.2 Å². The van der Waals surface area contributed by atoms with Crippen LogP contribution >= 0.6 is 23.2 Å². The Hall–Kier alpha value is -3.03. The molecule has 0 atom stereocenters. The maximum atomic E-state index is 12.1. The minimum Gasteiger partial charge on any atom is -0.493 e. The molecule has 7 nitrogen and oxygen atoms in total. The molecular weight excluding hydrogens is 415 g/mol. The quantitative estimate of drug-likeness (QED) is 0.434. The van der Waals surface area contributed by atoms with Gasteiger partial charge < -0.3 is 9.47 Å². The van der Waals surface area contributed by atoms with Gasteiger partial charge in [0.2, 0.25) is 5.91 Å². The van der Waals surface area contributed by atoms with Gasteiger partial charge in [-0.1, -0.05) is 29.3 Å². The van der Waals surface area contributed by atoms with Crippen molar-refractivity contribution in [1.82, 2.24) is 15.6 Å². The maximum Gasteiger partial charge on any atom is 0.244 e. The number of halogens is 2. The van der Waals surface area contributed by atoms with Crippen molar-refractivity contribution in [3.63, 3.8) is 0 Å². The minimum absolute atomic E-state index is 0.127. The fraction of sp³-hybridized carbons (Fsp3) is 0.150. The Balaban J connectivity index is 1.68. The van der Waals surface area contributed by atoms with Crippen molar-refractivity contribution in [1.29, 1.82) is 0 Å². The third kappa shape index (κ3) is 5.07. The van der Waals surface area contributed by atoms with E-state index in [9.17, 15) is 4.79 Å². The first-order valence-corrected chi connectivity index (χ1v) is 9.29. The summed E-state index contributed by atoms with van der Waals surface area (Å²) in [5.41, 5.74) is 5.50. The molecule has 0 bridgehead atoms. The van der Waals surface area contributed by atoms with Crippen molar-refractivity contribution < 1.29 is 14.3 Å². The SMILES string of the molecule is COc1ccc(-c2[nH]ncc2C=NNC(=O)Cc2ccc(Cl)c(Cl)c2)cc1OC. The van der Waals surface area contributed by atoms with Gasteiger partial charge in [0.25, 0.3) is 0 Å². The van der Waals surface area contributed by atoms with Gasteiger partial charge in [0.15, 0.2) is 11.5 Å². The van der Waals surface area contributed by atoms with Crippen LogP contribution in [0.1, 0.15) is 11.1 Å². The maximum absolute atomic E-state index is 12.1. The van der Waals surface area contributed by atoms with Gasteiger partial charge in [0, 0.05) is 11.1 Å². The van der Waals surface area contributed by atoms with Crippen molar-refractivity contribution in [3.8, 4) is 22.8 Å². The summed E-state index contributed by atoms with van der Waals surface area (Å²) in [5.74, 6) is 0.939. The van der Waals surface area contributed by atoms with Crippen LogP contribution in [0.3, 0.4) is 0 Å². The summed E-state index contributed by atoms with van der Waals surface area (Å²) in [5, 5.41) is 11.8. The second-order valence-corrected chi connectivity index (χ2v) is 6.80. The lowest BCUT2D eigenvalue weighted by molar-refractivity contribution is -0.120. The number of hydrazone groups is 1. The minimum atomic E-state index is -0.282. The Labute approximate surface area is 177 Å². The van der Waals surface area contributed by atoms with Crippen molar-refractivity contribution in [2.24, 2.45) is 5.10 Å². The second kappa shape index (κ2) is 9.45. The Morgan fingerprint density at radius 3 is 2.66 bits per heavy atom. The number of amides is 1. The number of ether oxygens (including phenoxy) is 2. The molecular formula is C20H18Cl2N4O3. The van der Waals surface area contributed by atoms with E-state index in [-0.39, 0.29) is 12.3 Å². The number of hydrogen-bond acceptors (Lipinski definition) is 5. The lowest BCUT2D eigenvalue weighted by atomic mass is 10.1. The van der Waals surface area contributed by atoms with E-state index in [2.05, 4.69) is 20.7 Å². The van der Waals surface area contributed by atoms with Gasteiger partial charge in [-0.3, -0.25) is 9.89 Å². The van der Waals surface area contributed by atoms with Gasteiger partial charge in [-0.05, 0) is 35.9 Å². The zero-order valence-corrected chi connectivity index (χ0v) is 17.2. The number of aromatic amines is 1. The van der Waals surface area contributed by atoms with Crippen LogP contribution in [0, 0.1) is 0 Å². The molecule has 1 heterocycles. The number of aromatic nitrogens is 2. The molecule has 1 amide bonds. The van der Waals surface area contributed by atoms with Crippen LogP contribution < -0.4 is 14.9 Å². The number of nitrogens with one attached hydrogen (secondary N) is 2. The molecule has 150 valence electrons. The molecule has 2 aromatic carbocycles. The Bertz CT molecular complexity index is 1050. The van der Waals surface area contributed by atoms with Gasteiger partial charge in [0.1, 0.15) is 0 Å². The number of benzene rings is 2. The van der Waals surface area contributed by atoms with E-state index in [0.29, 0.717) is 27.1 Å². The summed E-state index contributed by atoms with van der Waals surface area (Å²) in [6.07, 6.45) is 3.26. The average molecular weight is 433 g/mol. The third-order valence-corrected chi connectivity index (χ3v) is 4.82. The molecule has 0 saturated carbocycles. The Kier molecular flexibility index (Phi) is 6.74. The van der Waals surface area contributed by atoms with Crippen molar-refractivity contribution in [3.05, 3.63) is 63.8 Å². The molecule has 0 radical (unpaired) electrons. The molecule has 0 aliphatic heterocycles. The van der Waals surface area contributed by atoms with Crippen LogP contribution in [-0.4, -0.2) is 36.5 Å². The number of hydrogen-bond donors (Lipinski definition) is 2. The first kappa shape index (κ1) is 20.7. The van der Waals surface area contributed by atoms with Crippen molar-refractivity contribution in [2.75, 3.05) is 14.2 Å². The molecule has 3 aromatic rings. The molecule has 1 aromatic heterocycles. The number of carbonyl (C=O) groups excluding carboxylic acids is 1. The van der Waals surface area contributed by atoms with Crippen LogP contribution in [0.25, 0.3) is 11.3 Å². The Morgan fingerprint density at radius 1 is 1.14 bits per heavy atom. The monoisotopic (exact) mass is 432 g/mol. The molecule has 0 aliphatic rings. The summed E-state index contributed by atoms with van der Waals surface area (Å²) in [4.78, 5) is 12.1. The largest absolute Gasteiger partial charge is 0.493 e. The van der Waals surface area contributed by atoms with E-state index in [1.54, 1.807) is 44.7 Å².